The molecule has 1 aliphatic rings. The van der Waals surface area contributed by atoms with Gasteiger partial charge >= 0.3 is 5.97 Å². The Morgan fingerprint density at radius 3 is 2.61 bits per heavy atom. The van der Waals surface area contributed by atoms with Crippen molar-refractivity contribution in [2.24, 2.45) is 5.92 Å². The van der Waals surface area contributed by atoms with Crippen LogP contribution in [-0.4, -0.2) is 35.1 Å². The minimum atomic E-state index is -0.717. The van der Waals surface area contributed by atoms with Crippen molar-refractivity contribution in [3.05, 3.63) is 35.6 Å². The maximum Gasteiger partial charge on any atom is 0.303 e. The van der Waals surface area contributed by atoms with Gasteiger partial charge in [-0.3, -0.25) is 9.69 Å². The van der Waals surface area contributed by atoms with E-state index in [9.17, 15) is 9.18 Å². The fourth-order valence-corrected chi connectivity index (χ4v) is 2.44. The van der Waals surface area contributed by atoms with Crippen LogP contribution in [-0.2, 0) is 11.2 Å². The lowest BCUT2D eigenvalue weighted by Crippen LogP contribution is -2.52. The first kappa shape index (κ1) is 13.0. The Hall–Kier alpha value is -1.42. The van der Waals surface area contributed by atoms with E-state index in [-0.39, 0.29) is 18.2 Å². The summed E-state index contributed by atoms with van der Waals surface area (Å²) < 4.78 is 12.8. The summed E-state index contributed by atoms with van der Waals surface area (Å²) in [4.78, 5) is 12.8. The van der Waals surface area contributed by atoms with Crippen LogP contribution in [0.15, 0.2) is 24.3 Å². The van der Waals surface area contributed by atoms with Gasteiger partial charge in [-0.1, -0.05) is 12.1 Å². The van der Waals surface area contributed by atoms with Crippen LogP contribution in [0.4, 0.5) is 4.39 Å². The number of hydrogen-bond donors (Lipinski definition) is 1. The van der Waals surface area contributed by atoms with Crippen LogP contribution in [0.3, 0.4) is 0 Å². The third kappa shape index (κ3) is 3.29. The van der Waals surface area contributed by atoms with E-state index in [0.717, 1.165) is 25.1 Å². The molecule has 0 bridgehead atoms. The number of carboxylic acids is 1. The standard InChI is InChI=1S/C14H18FNO2/c1-10(6-11-2-4-13(15)5-3-11)16-8-12(9-16)7-14(17)18/h2-5,10,12H,6-9H2,1H3,(H,17,18). The zero-order chi connectivity index (χ0) is 13.1. The summed E-state index contributed by atoms with van der Waals surface area (Å²) in [6.45, 7) is 3.84. The monoisotopic (exact) mass is 251 g/mol. The van der Waals surface area contributed by atoms with Crippen LogP contribution in [0, 0.1) is 11.7 Å². The summed E-state index contributed by atoms with van der Waals surface area (Å²) in [5.41, 5.74) is 1.12. The summed E-state index contributed by atoms with van der Waals surface area (Å²) in [6, 6.07) is 6.94. The minimum absolute atomic E-state index is 0.211. The smallest absolute Gasteiger partial charge is 0.303 e. The van der Waals surface area contributed by atoms with Gasteiger partial charge in [0, 0.05) is 19.1 Å². The van der Waals surface area contributed by atoms with Gasteiger partial charge < -0.3 is 5.11 Å². The Morgan fingerprint density at radius 1 is 1.44 bits per heavy atom. The highest BCUT2D eigenvalue weighted by atomic mass is 19.1. The normalized spacial score (nSPS) is 18.3. The van der Waals surface area contributed by atoms with Crippen molar-refractivity contribution >= 4 is 5.97 Å². The number of hydrogen-bond acceptors (Lipinski definition) is 2. The number of carbonyl (C=O) groups is 1. The van der Waals surface area contributed by atoms with Crippen LogP contribution in [0.25, 0.3) is 0 Å². The minimum Gasteiger partial charge on any atom is -0.481 e. The Labute approximate surface area is 106 Å². The Morgan fingerprint density at radius 2 is 2.06 bits per heavy atom. The second-order valence-corrected chi connectivity index (χ2v) is 5.10. The molecule has 1 heterocycles. The molecule has 0 aromatic heterocycles. The predicted octanol–water partition coefficient (Wildman–Crippen LogP) is 2.16. The number of benzene rings is 1. The molecular formula is C14H18FNO2. The first-order valence-corrected chi connectivity index (χ1v) is 6.25. The van der Waals surface area contributed by atoms with E-state index in [1.807, 2.05) is 0 Å². The van der Waals surface area contributed by atoms with Gasteiger partial charge in [0.05, 0.1) is 6.42 Å². The Bertz CT molecular complexity index is 412. The third-order valence-corrected chi connectivity index (χ3v) is 3.52. The zero-order valence-corrected chi connectivity index (χ0v) is 10.5. The first-order chi connectivity index (χ1) is 8.54. The van der Waals surface area contributed by atoms with Gasteiger partial charge in [-0.15, -0.1) is 0 Å². The van der Waals surface area contributed by atoms with Crippen molar-refractivity contribution in [3.63, 3.8) is 0 Å². The van der Waals surface area contributed by atoms with Gasteiger partial charge in [-0.05, 0) is 37.0 Å². The van der Waals surface area contributed by atoms with E-state index in [1.165, 1.54) is 12.1 Å². The fourth-order valence-electron chi connectivity index (χ4n) is 2.44. The van der Waals surface area contributed by atoms with Gasteiger partial charge in [-0.25, -0.2) is 4.39 Å². The maximum atomic E-state index is 12.8. The van der Waals surface area contributed by atoms with Crippen LogP contribution in [0.2, 0.25) is 0 Å². The molecule has 1 aromatic carbocycles. The SMILES string of the molecule is CC(Cc1ccc(F)cc1)N1CC(CC(=O)O)C1. The van der Waals surface area contributed by atoms with E-state index < -0.39 is 5.97 Å². The summed E-state index contributed by atoms with van der Waals surface area (Å²) in [7, 11) is 0. The molecule has 3 nitrogen and oxygen atoms in total. The molecule has 0 aliphatic carbocycles. The number of likely N-dealkylation sites (tertiary alicyclic amines) is 1. The number of aliphatic carboxylic acids is 1. The van der Waals surface area contributed by atoms with E-state index in [1.54, 1.807) is 12.1 Å². The van der Waals surface area contributed by atoms with Crippen molar-refractivity contribution < 1.29 is 14.3 Å². The highest BCUT2D eigenvalue weighted by molar-refractivity contribution is 5.67. The number of carboxylic acid groups (broad SMARTS) is 1. The Balaban J connectivity index is 1.78. The molecule has 1 atom stereocenters. The molecule has 0 amide bonds. The summed E-state index contributed by atoms with van der Waals surface area (Å²) in [5, 5.41) is 8.68. The second-order valence-electron chi connectivity index (χ2n) is 5.10. The van der Waals surface area contributed by atoms with E-state index in [0.29, 0.717) is 6.04 Å². The molecule has 0 saturated carbocycles. The molecule has 1 aliphatic heterocycles. The molecule has 1 N–H and O–H groups in total. The molecule has 18 heavy (non-hydrogen) atoms. The molecule has 4 heteroatoms. The lowest BCUT2D eigenvalue weighted by atomic mass is 9.93. The van der Waals surface area contributed by atoms with Gasteiger partial charge in [-0.2, -0.15) is 0 Å². The second kappa shape index (κ2) is 5.48. The highest BCUT2D eigenvalue weighted by Crippen LogP contribution is 2.23. The lowest BCUT2D eigenvalue weighted by molar-refractivity contribution is -0.139. The van der Waals surface area contributed by atoms with Crippen molar-refractivity contribution in [1.29, 1.82) is 0 Å². The average Bonchev–Trinajstić information content (AvgIpc) is 2.25. The Kier molecular flexibility index (Phi) is 3.97. The van der Waals surface area contributed by atoms with Gasteiger partial charge in [0.2, 0.25) is 0 Å². The number of halogens is 1. The molecule has 1 fully saturated rings. The van der Waals surface area contributed by atoms with E-state index >= 15 is 0 Å². The van der Waals surface area contributed by atoms with Gasteiger partial charge in [0.1, 0.15) is 5.82 Å². The summed E-state index contributed by atoms with van der Waals surface area (Å²) in [6.07, 6.45) is 1.14. The fraction of sp³-hybridized carbons (Fsp3) is 0.500. The molecular weight excluding hydrogens is 233 g/mol. The van der Waals surface area contributed by atoms with Crippen LogP contribution in [0.1, 0.15) is 18.9 Å². The maximum absolute atomic E-state index is 12.8. The van der Waals surface area contributed by atoms with Gasteiger partial charge in [0.25, 0.3) is 0 Å². The van der Waals surface area contributed by atoms with Crippen LogP contribution in [0.5, 0.6) is 0 Å². The largest absolute Gasteiger partial charge is 0.481 e. The van der Waals surface area contributed by atoms with Crippen molar-refractivity contribution in [2.75, 3.05) is 13.1 Å². The molecule has 1 aromatic rings. The summed E-state index contributed by atoms with van der Waals surface area (Å²) >= 11 is 0. The van der Waals surface area contributed by atoms with Crippen molar-refractivity contribution in [1.82, 2.24) is 4.90 Å². The van der Waals surface area contributed by atoms with Crippen molar-refractivity contribution in [3.8, 4) is 0 Å². The average molecular weight is 251 g/mol. The third-order valence-electron chi connectivity index (χ3n) is 3.52. The highest BCUT2D eigenvalue weighted by Gasteiger charge is 2.31. The molecule has 98 valence electrons. The topological polar surface area (TPSA) is 40.5 Å². The lowest BCUT2D eigenvalue weighted by Gasteiger charge is -2.42. The predicted molar refractivity (Wildman–Crippen MR) is 66.9 cm³/mol. The summed E-state index contributed by atoms with van der Waals surface area (Å²) in [5.74, 6) is -0.638. The molecule has 0 spiro atoms. The molecule has 0 radical (unpaired) electrons. The molecule has 1 saturated heterocycles. The van der Waals surface area contributed by atoms with Crippen LogP contribution < -0.4 is 0 Å². The quantitative estimate of drug-likeness (QED) is 0.871. The zero-order valence-electron chi connectivity index (χ0n) is 10.5. The molecule has 1 unspecified atom stereocenters. The van der Waals surface area contributed by atoms with Crippen LogP contribution >= 0.6 is 0 Å². The number of rotatable bonds is 5. The van der Waals surface area contributed by atoms with Crippen molar-refractivity contribution in [2.45, 2.75) is 25.8 Å². The molecule has 2 rings (SSSR count). The van der Waals surface area contributed by atoms with E-state index in [4.69, 9.17) is 5.11 Å². The number of nitrogens with zero attached hydrogens (tertiary/aromatic N) is 1. The van der Waals surface area contributed by atoms with E-state index in [2.05, 4.69) is 11.8 Å². The first-order valence-electron chi connectivity index (χ1n) is 6.25. The van der Waals surface area contributed by atoms with Gasteiger partial charge in [0.15, 0.2) is 0 Å².